The molecule has 1 aliphatic heterocycles. The van der Waals surface area contributed by atoms with E-state index < -0.39 is 21.8 Å². The zero-order chi connectivity index (χ0) is 23.6. The number of esters is 1. The number of nitrogens with two attached hydrogens (primary N) is 1. The summed E-state index contributed by atoms with van der Waals surface area (Å²) in [5.41, 5.74) is 7.80. The van der Waals surface area contributed by atoms with Gasteiger partial charge in [-0.2, -0.15) is 4.31 Å². The zero-order valence-electron chi connectivity index (χ0n) is 18.2. The summed E-state index contributed by atoms with van der Waals surface area (Å²) in [4.78, 5) is 16.9. The Morgan fingerprint density at radius 1 is 1.24 bits per heavy atom. The summed E-state index contributed by atoms with van der Waals surface area (Å²) in [6, 6.07) is 9.75. The molecule has 0 amide bonds. The van der Waals surface area contributed by atoms with Crippen molar-refractivity contribution < 1.29 is 22.3 Å². The van der Waals surface area contributed by atoms with Gasteiger partial charge in [0.1, 0.15) is 5.83 Å². The molecule has 2 aromatic carbocycles. The van der Waals surface area contributed by atoms with E-state index in [0.29, 0.717) is 35.2 Å². The number of allylic oxidation sites excluding steroid dienone is 1. The zero-order valence-corrected chi connectivity index (χ0v) is 19.0. The van der Waals surface area contributed by atoms with Crippen molar-refractivity contribution in [2.45, 2.75) is 24.3 Å². The highest BCUT2D eigenvalue weighted by molar-refractivity contribution is 7.89. The summed E-state index contributed by atoms with van der Waals surface area (Å²) in [5, 5.41) is 0. The molecular weight excluding hydrogens is 447 g/mol. The van der Waals surface area contributed by atoms with Crippen molar-refractivity contribution >= 4 is 27.0 Å². The second kappa shape index (κ2) is 9.42. The van der Waals surface area contributed by atoms with Crippen LogP contribution >= 0.6 is 0 Å². The van der Waals surface area contributed by atoms with Crippen LogP contribution in [-0.2, 0) is 21.3 Å². The first-order valence-corrected chi connectivity index (χ1v) is 12.0. The second-order valence-corrected chi connectivity index (χ2v) is 9.72. The van der Waals surface area contributed by atoms with Crippen molar-refractivity contribution in [2.24, 2.45) is 5.73 Å². The Bertz CT molecular complexity index is 1330. The van der Waals surface area contributed by atoms with Crippen molar-refractivity contribution in [3.05, 3.63) is 60.2 Å². The molecule has 0 atom stereocenters. The van der Waals surface area contributed by atoms with Crippen LogP contribution < -0.4 is 5.73 Å². The van der Waals surface area contributed by atoms with Crippen LogP contribution in [0.3, 0.4) is 0 Å². The fourth-order valence-corrected chi connectivity index (χ4v) is 5.57. The van der Waals surface area contributed by atoms with E-state index in [-0.39, 0.29) is 23.5 Å². The summed E-state index contributed by atoms with van der Waals surface area (Å²) in [5.74, 6) is -0.995. The minimum atomic E-state index is -3.62. The Kier molecular flexibility index (Phi) is 6.59. The number of aromatic nitrogens is 2. The fourth-order valence-electron chi connectivity index (χ4n) is 4.00. The summed E-state index contributed by atoms with van der Waals surface area (Å²) in [7, 11) is -2.35. The number of rotatable bonds is 7. The van der Waals surface area contributed by atoms with Crippen LogP contribution in [0, 0.1) is 0 Å². The molecule has 174 valence electrons. The van der Waals surface area contributed by atoms with Crippen LogP contribution in [0.15, 0.2) is 59.5 Å². The van der Waals surface area contributed by atoms with Crippen LogP contribution in [0.4, 0.5) is 4.39 Å². The number of methoxy groups -OCH3 is 1. The summed E-state index contributed by atoms with van der Waals surface area (Å²) in [6.45, 7) is 0.971. The summed E-state index contributed by atoms with van der Waals surface area (Å²) < 4.78 is 48.2. The van der Waals surface area contributed by atoms with E-state index >= 15 is 0 Å². The van der Waals surface area contributed by atoms with E-state index in [9.17, 15) is 17.6 Å². The molecule has 1 saturated heterocycles. The highest BCUT2D eigenvalue weighted by atomic mass is 32.2. The van der Waals surface area contributed by atoms with E-state index in [0.717, 1.165) is 12.8 Å². The standard InChI is InChI=1S/C23H25FN4O4S/c1-32-23(29)17-12-20(22-21(13-17)27(15-26-22)14-18(24)7-8-25)16-5-4-6-19(11-16)33(30,31)28-9-2-3-10-28/h4-7,11-13,15H,2-3,8-10,14,25H2,1H3. The van der Waals surface area contributed by atoms with Gasteiger partial charge in [-0.25, -0.2) is 22.6 Å². The molecule has 3 aromatic rings. The first-order chi connectivity index (χ1) is 15.8. The summed E-state index contributed by atoms with van der Waals surface area (Å²) >= 11 is 0. The van der Waals surface area contributed by atoms with E-state index in [1.54, 1.807) is 41.0 Å². The normalized spacial score (nSPS) is 15.3. The Morgan fingerprint density at radius 2 is 2.00 bits per heavy atom. The number of benzene rings is 2. The van der Waals surface area contributed by atoms with Gasteiger partial charge in [-0.15, -0.1) is 0 Å². The Balaban J connectivity index is 1.86. The number of nitrogens with zero attached hydrogens (tertiary/aromatic N) is 3. The molecule has 0 bridgehead atoms. The average molecular weight is 473 g/mol. The molecule has 0 aliphatic carbocycles. The van der Waals surface area contributed by atoms with Gasteiger partial charge in [0.05, 0.1) is 41.5 Å². The number of carbonyl (C=O) groups excluding carboxylic acids is 1. The molecule has 1 aromatic heterocycles. The minimum absolute atomic E-state index is 0.0649. The SMILES string of the molecule is COC(=O)c1cc(-c2cccc(S(=O)(=O)N3CCCC3)c2)c2ncn(CC(F)=CCN)c2c1. The molecule has 1 aliphatic rings. The highest BCUT2D eigenvalue weighted by Crippen LogP contribution is 2.32. The van der Waals surface area contributed by atoms with Crippen LogP contribution in [0.5, 0.6) is 0 Å². The lowest BCUT2D eigenvalue weighted by Crippen LogP contribution is -2.27. The van der Waals surface area contributed by atoms with Crippen molar-refractivity contribution in [2.75, 3.05) is 26.7 Å². The van der Waals surface area contributed by atoms with Crippen molar-refractivity contribution in [1.29, 1.82) is 0 Å². The van der Waals surface area contributed by atoms with E-state index in [1.165, 1.54) is 23.8 Å². The first-order valence-electron chi connectivity index (χ1n) is 10.6. The quantitative estimate of drug-likeness (QED) is 0.530. The molecule has 2 N–H and O–H groups in total. The molecule has 8 nitrogen and oxygen atoms in total. The van der Waals surface area contributed by atoms with Crippen LogP contribution in [0.1, 0.15) is 23.2 Å². The van der Waals surface area contributed by atoms with Crippen molar-refractivity contribution in [3.8, 4) is 11.1 Å². The molecule has 0 spiro atoms. The molecule has 0 radical (unpaired) electrons. The third kappa shape index (κ3) is 4.54. The van der Waals surface area contributed by atoms with Crippen LogP contribution in [-0.4, -0.2) is 55.0 Å². The molecule has 2 heterocycles. The van der Waals surface area contributed by atoms with Gasteiger partial charge >= 0.3 is 5.97 Å². The number of halogens is 1. The molecule has 33 heavy (non-hydrogen) atoms. The molecule has 4 rings (SSSR count). The van der Waals surface area contributed by atoms with Crippen molar-refractivity contribution in [1.82, 2.24) is 13.9 Å². The largest absolute Gasteiger partial charge is 0.465 e. The molecule has 1 fully saturated rings. The average Bonchev–Trinajstić information content (AvgIpc) is 3.49. The van der Waals surface area contributed by atoms with Gasteiger partial charge in [0.15, 0.2) is 0 Å². The van der Waals surface area contributed by atoms with Gasteiger partial charge in [-0.05, 0) is 48.7 Å². The number of hydrogen-bond acceptors (Lipinski definition) is 6. The van der Waals surface area contributed by atoms with Crippen LogP contribution in [0.2, 0.25) is 0 Å². The number of sulfonamides is 1. The van der Waals surface area contributed by atoms with Gasteiger partial charge in [-0.3, -0.25) is 0 Å². The topological polar surface area (TPSA) is 108 Å². The van der Waals surface area contributed by atoms with Gasteiger partial charge in [0.2, 0.25) is 10.0 Å². The predicted octanol–water partition coefficient (Wildman–Crippen LogP) is 3.09. The van der Waals surface area contributed by atoms with Gasteiger partial charge in [0, 0.05) is 25.2 Å². The number of ether oxygens (including phenoxy) is 1. The molecule has 0 unspecified atom stereocenters. The monoisotopic (exact) mass is 472 g/mol. The van der Waals surface area contributed by atoms with E-state index in [1.807, 2.05) is 0 Å². The van der Waals surface area contributed by atoms with E-state index in [2.05, 4.69) is 4.98 Å². The molecule has 10 heteroatoms. The van der Waals surface area contributed by atoms with Crippen LogP contribution in [0.25, 0.3) is 22.2 Å². The number of imidazole rings is 1. The predicted molar refractivity (Wildman–Crippen MR) is 123 cm³/mol. The smallest absolute Gasteiger partial charge is 0.337 e. The number of carbonyl (C=O) groups is 1. The fraction of sp³-hybridized carbons (Fsp3) is 0.304. The van der Waals surface area contributed by atoms with Gasteiger partial charge < -0.3 is 15.0 Å². The third-order valence-electron chi connectivity index (χ3n) is 5.66. The maximum absolute atomic E-state index is 14.1. The minimum Gasteiger partial charge on any atom is -0.465 e. The lowest BCUT2D eigenvalue weighted by molar-refractivity contribution is 0.0601. The Labute approximate surface area is 191 Å². The third-order valence-corrected chi connectivity index (χ3v) is 7.55. The Morgan fingerprint density at radius 3 is 2.70 bits per heavy atom. The molecule has 0 saturated carbocycles. The molecular formula is C23H25FN4O4S. The second-order valence-electron chi connectivity index (χ2n) is 7.78. The highest BCUT2D eigenvalue weighted by Gasteiger charge is 2.27. The van der Waals surface area contributed by atoms with E-state index in [4.69, 9.17) is 10.5 Å². The number of fused-ring (bicyclic) bond motifs is 1. The lowest BCUT2D eigenvalue weighted by Gasteiger charge is -2.16. The first kappa shape index (κ1) is 23.1. The lowest BCUT2D eigenvalue weighted by atomic mass is 10.0. The van der Waals surface area contributed by atoms with Gasteiger partial charge in [0.25, 0.3) is 0 Å². The van der Waals surface area contributed by atoms with Gasteiger partial charge in [-0.1, -0.05) is 12.1 Å². The maximum atomic E-state index is 14.1. The van der Waals surface area contributed by atoms with Crippen molar-refractivity contribution in [3.63, 3.8) is 0 Å². The Hall–Kier alpha value is -3.08. The maximum Gasteiger partial charge on any atom is 0.337 e. The summed E-state index contributed by atoms with van der Waals surface area (Å²) in [6.07, 6.45) is 4.42. The number of hydrogen-bond donors (Lipinski definition) is 1.